The van der Waals surface area contributed by atoms with Gasteiger partial charge < -0.3 is 4.74 Å². The minimum atomic E-state index is -4.52. The van der Waals surface area contributed by atoms with Crippen molar-refractivity contribution in [1.82, 2.24) is 5.43 Å². The van der Waals surface area contributed by atoms with E-state index in [1.54, 1.807) is 25.1 Å². The Labute approximate surface area is 200 Å². The number of sulfonamides is 1. The molecule has 0 saturated heterocycles. The van der Waals surface area contributed by atoms with Crippen molar-refractivity contribution in [3.8, 4) is 5.75 Å². The van der Waals surface area contributed by atoms with Crippen LogP contribution in [0.4, 0.5) is 18.9 Å². The monoisotopic (exact) mass is 505 g/mol. The SMILES string of the molecule is CCOc1ccc(S(=O)(=O)N(CC(=O)N/N=C\c2cccc(C(F)(F)F)c2)c2ccccc2)cc1. The van der Waals surface area contributed by atoms with Crippen LogP contribution in [-0.4, -0.2) is 33.7 Å². The zero-order chi connectivity index (χ0) is 25.5. The van der Waals surface area contributed by atoms with Gasteiger partial charge in [-0.1, -0.05) is 30.3 Å². The maximum atomic E-state index is 13.3. The number of nitrogens with zero attached hydrogens (tertiary/aromatic N) is 2. The first kappa shape index (κ1) is 25.8. The van der Waals surface area contributed by atoms with E-state index in [1.807, 2.05) is 0 Å². The molecule has 184 valence electrons. The molecule has 0 radical (unpaired) electrons. The van der Waals surface area contributed by atoms with Gasteiger partial charge in [-0.2, -0.15) is 18.3 Å². The Kier molecular flexibility index (Phi) is 8.13. The lowest BCUT2D eigenvalue weighted by Crippen LogP contribution is -2.39. The van der Waals surface area contributed by atoms with Crippen molar-refractivity contribution in [3.63, 3.8) is 0 Å². The van der Waals surface area contributed by atoms with Crippen molar-refractivity contribution < 1.29 is 31.1 Å². The minimum absolute atomic E-state index is 0.0509. The highest BCUT2D eigenvalue weighted by molar-refractivity contribution is 7.92. The molecule has 0 aliphatic rings. The van der Waals surface area contributed by atoms with Crippen LogP contribution < -0.4 is 14.5 Å². The molecular formula is C24H22F3N3O4S. The van der Waals surface area contributed by atoms with E-state index in [4.69, 9.17) is 4.74 Å². The second-order valence-electron chi connectivity index (χ2n) is 7.17. The maximum absolute atomic E-state index is 13.3. The first-order chi connectivity index (χ1) is 16.6. The van der Waals surface area contributed by atoms with E-state index < -0.39 is 34.2 Å². The predicted molar refractivity (Wildman–Crippen MR) is 126 cm³/mol. The molecule has 1 N–H and O–H groups in total. The molecule has 0 aliphatic carbocycles. The average molecular weight is 506 g/mol. The highest BCUT2D eigenvalue weighted by Gasteiger charge is 2.30. The number of carbonyl (C=O) groups excluding carboxylic acids is 1. The predicted octanol–water partition coefficient (Wildman–Crippen LogP) is 4.45. The molecule has 3 aromatic rings. The van der Waals surface area contributed by atoms with Gasteiger partial charge in [0.25, 0.3) is 15.9 Å². The molecule has 0 heterocycles. The van der Waals surface area contributed by atoms with E-state index in [1.165, 1.54) is 48.5 Å². The smallest absolute Gasteiger partial charge is 0.416 e. The van der Waals surface area contributed by atoms with Gasteiger partial charge in [-0.15, -0.1) is 0 Å². The molecule has 3 rings (SSSR count). The molecule has 0 unspecified atom stereocenters. The molecule has 0 spiro atoms. The normalized spacial score (nSPS) is 11.9. The van der Waals surface area contributed by atoms with Gasteiger partial charge in [0, 0.05) is 0 Å². The zero-order valence-corrected chi connectivity index (χ0v) is 19.4. The first-order valence-corrected chi connectivity index (χ1v) is 11.8. The summed E-state index contributed by atoms with van der Waals surface area (Å²) >= 11 is 0. The summed E-state index contributed by atoms with van der Waals surface area (Å²) < 4.78 is 71.5. The number of anilines is 1. The number of halogens is 3. The Morgan fingerprint density at radius 1 is 1.03 bits per heavy atom. The number of hydrogen-bond acceptors (Lipinski definition) is 5. The van der Waals surface area contributed by atoms with Gasteiger partial charge in [0.1, 0.15) is 12.3 Å². The number of rotatable bonds is 9. The number of amides is 1. The highest BCUT2D eigenvalue weighted by atomic mass is 32.2. The standard InChI is InChI=1S/C24H22F3N3O4S/c1-2-34-21-11-13-22(14-12-21)35(32,33)30(20-9-4-3-5-10-20)17-23(31)29-28-16-18-7-6-8-19(15-18)24(25,26)27/h3-16H,2,17H2,1H3,(H,29,31)/b28-16-. The molecule has 0 aliphatic heterocycles. The summed E-state index contributed by atoms with van der Waals surface area (Å²) in [5.74, 6) is -0.286. The van der Waals surface area contributed by atoms with Crippen LogP contribution in [0.3, 0.4) is 0 Å². The van der Waals surface area contributed by atoms with Gasteiger partial charge >= 0.3 is 6.18 Å². The van der Waals surface area contributed by atoms with Crippen LogP contribution in [0.25, 0.3) is 0 Å². The Morgan fingerprint density at radius 2 is 1.71 bits per heavy atom. The lowest BCUT2D eigenvalue weighted by atomic mass is 10.1. The Balaban J connectivity index is 1.79. The van der Waals surface area contributed by atoms with E-state index in [2.05, 4.69) is 10.5 Å². The largest absolute Gasteiger partial charge is 0.494 e. The number of benzene rings is 3. The molecule has 35 heavy (non-hydrogen) atoms. The lowest BCUT2D eigenvalue weighted by molar-refractivity contribution is -0.137. The molecule has 3 aromatic carbocycles. The lowest BCUT2D eigenvalue weighted by Gasteiger charge is -2.23. The summed E-state index contributed by atoms with van der Waals surface area (Å²) in [6, 6.07) is 18.2. The van der Waals surface area contributed by atoms with Gasteiger partial charge in [0.15, 0.2) is 0 Å². The van der Waals surface area contributed by atoms with Crippen LogP contribution in [0.1, 0.15) is 18.1 Å². The van der Waals surface area contributed by atoms with E-state index in [-0.39, 0.29) is 16.1 Å². The van der Waals surface area contributed by atoms with Gasteiger partial charge in [0.05, 0.1) is 29.0 Å². The fourth-order valence-electron chi connectivity index (χ4n) is 3.05. The molecular weight excluding hydrogens is 483 g/mol. The Morgan fingerprint density at radius 3 is 2.34 bits per heavy atom. The minimum Gasteiger partial charge on any atom is -0.494 e. The highest BCUT2D eigenvalue weighted by Crippen LogP contribution is 2.29. The molecule has 0 bridgehead atoms. The first-order valence-electron chi connectivity index (χ1n) is 10.4. The van der Waals surface area contributed by atoms with Crippen molar-refractivity contribution in [2.45, 2.75) is 18.0 Å². The summed E-state index contributed by atoms with van der Waals surface area (Å²) in [7, 11) is -4.14. The van der Waals surface area contributed by atoms with E-state index in [0.29, 0.717) is 12.4 Å². The Bertz CT molecular complexity index is 1280. The molecule has 0 fully saturated rings. The van der Waals surface area contributed by atoms with E-state index in [0.717, 1.165) is 22.7 Å². The summed E-state index contributed by atoms with van der Waals surface area (Å²) in [5, 5.41) is 3.67. The van der Waals surface area contributed by atoms with Crippen LogP contribution in [0.15, 0.2) is 88.9 Å². The van der Waals surface area contributed by atoms with Crippen LogP contribution in [0, 0.1) is 0 Å². The fourth-order valence-corrected chi connectivity index (χ4v) is 4.47. The summed E-state index contributed by atoms with van der Waals surface area (Å²) in [4.78, 5) is 12.5. The number of hydrazone groups is 1. The van der Waals surface area contributed by atoms with E-state index in [9.17, 15) is 26.4 Å². The number of hydrogen-bond donors (Lipinski definition) is 1. The molecule has 0 aromatic heterocycles. The number of para-hydroxylation sites is 1. The zero-order valence-electron chi connectivity index (χ0n) is 18.6. The second-order valence-corrected chi connectivity index (χ2v) is 9.03. The third-order valence-electron chi connectivity index (χ3n) is 4.67. The van der Waals surface area contributed by atoms with Crippen molar-refractivity contribution in [1.29, 1.82) is 0 Å². The van der Waals surface area contributed by atoms with Crippen molar-refractivity contribution in [2.24, 2.45) is 5.10 Å². The van der Waals surface area contributed by atoms with Gasteiger partial charge in [-0.05, 0) is 61.0 Å². The molecule has 0 saturated carbocycles. The second kappa shape index (κ2) is 11.0. The number of alkyl halides is 3. The number of ether oxygens (including phenoxy) is 1. The summed E-state index contributed by atoms with van der Waals surface area (Å²) in [6.45, 7) is 1.61. The number of carbonyl (C=O) groups is 1. The van der Waals surface area contributed by atoms with Gasteiger partial charge in [0.2, 0.25) is 0 Å². The van der Waals surface area contributed by atoms with E-state index >= 15 is 0 Å². The molecule has 7 nitrogen and oxygen atoms in total. The van der Waals surface area contributed by atoms with Gasteiger partial charge in [-0.25, -0.2) is 13.8 Å². The van der Waals surface area contributed by atoms with Crippen molar-refractivity contribution in [2.75, 3.05) is 17.5 Å². The van der Waals surface area contributed by atoms with Gasteiger partial charge in [-0.3, -0.25) is 9.10 Å². The van der Waals surface area contributed by atoms with Crippen molar-refractivity contribution >= 4 is 27.8 Å². The molecule has 0 atom stereocenters. The third kappa shape index (κ3) is 6.82. The Hall–Kier alpha value is -3.86. The van der Waals surface area contributed by atoms with Crippen molar-refractivity contribution in [3.05, 3.63) is 90.0 Å². The number of nitrogens with one attached hydrogen (secondary N) is 1. The fraction of sp³-hybridized carbons (Fsp3) is 0.167. The van der Waals surface area contributed by atoms with Crippen LogP contribution >= 0.6 is 0 Å². The molecule has 1 amide bonds. The summed E-state index contributed by atoms with van der Waals surface area (Å²) in [6.07, 6.45) is -3.47. The quantitative estimate of drug-likeness (QED) is 0.344. The van der Waals surface area contributed by atoms with Crippen LogP contribution in [0.2, 0.25) is 0 Å². The third-order valence-corrected chi connectivity index (χ3v) is 6.46. The van der Waals surface area contributed by atoms with Crippen LogP contribution in [0.5, 0.6) is 5.75 Å². The maximum Gasteiger partial charge on any atom is 0.416 e. The molecule has 11 heteroatoms. The summed E-state index contributed by atoms with van der Waals surface area (Å²) in [5.41, 5.74) is 1.67. The topological polar surface area (TPSA) is 88.1 Å². The van der Waals surface area contributed by atoms with Crippen LogP contribution in [-0.2, 0) is 21.0 Å². The average Bonchev–Trinajstić information content (AvgIpc) is 2.83.